The Morgan fingerprint density at radius 2 is 1.78 bits per heavy atom. The summed E-state index contributed by atoms with van der Waals surface area (Å²) in [6.45, 7) is 9.08. The Kier molecular flexibility index (Phi) is 6.06. The van der Waals surface area contributed by atoms with Gasteiger partial charge in [0.25, 0.3) is 0 Å². The van der Waals surface area contributed by atoms with Crippen molar-refractivity contribution in [1.82, 2.24) is 9.97 Å². The highest BCUT2D eigenvalue weighted by atomic mass is 16.6. The van der Waals surface area contributed by atoms with Crippen molar-refractivity contribution in [2.24, 2.45) is 0 Å². The molecule has 1 N–H and O–H groups in total. The maximum Gasteiger partial charge on any atom is 0.413 e. The van der Waals surface area contributed by atoms with Crippen molar-refractivity contribution in [2.75, 3.05) is 12.4 Å². The molecule has 1 aromatic rings. The van der Waals surface area contributed by atoms with Crippen LogP contribution < -0.4 is 5.32 Å². The van der Waals surface area contributed by atoms with Gasteiger partial charge in [-0.25, -0.2) is 9.78 Å². The second kappa shape index (κ2) is 7.39. The van der Waals surface area contributed by atoms with E-state index in [0.29, 0.717) is 18.5 Å². The van der Waals surface area contributed by atoms with Gasteiger partial charge in [-0.1, -0.05) is 13.8 Å². The number of aromatic nitrogens is 2. The van der Waals surface area contributed by atoms with E-state index in [1.165, 1.54) is 19.5 Å². The van der Waals surface area contributed by atoms with Crippen LogP contribution in [0.4, 0.5) is 10.6 Å². The molecule has 23 heavy (non-hydrogen) atoms. The van der Waals surface area contributed by atoms with Crippen molar-refractivity contribution < 1.29 is 19.1 Å². The zero-order valence-corrected chi connectivity index (χ0v) is 14.6. The first-order chi connectivity index (χ1) is 10.7. The van der Waals surface area contributed by atoms with E-state index in [1.54, 1.807) is 20.8 Å². The lowest BCUT2D eigenvalue weighted by Gasteiger charge is -2.27. The van der Waals surface area contributed by atoms with Gasteiger partial charge in [-0.3, -0.25) is 15.1 Å². The Labute approximate surface area is 136 Å². The van der Waals surface area contributed by atoms with Crippen molar-refractivity contribution in [3.8, 4) is 0 Å². The normalized spacial score (nSPS) is 11.7. The molecule has 0 fully saturated rings. The summed E-state index contributed by atoms with van der Waals surface area (Å²) in [7, 11) is 1.35. The van der Waals surface area contributed by atoms with E-state index in [4.69, 9.17) is 9.47 Å². The van der Waals surface area contributed by atoms with Gasteiger partial charge >= 0.3 is 12.1 Å². The van der Waals surface area contributed by atoms with Crippen LogP contribution in [0.25, 0.3) is 0 Å². The molecule has 1 rings (SSSR count). The Balaban J connectivity index is 3.08. The van der Waals surface area contributed by atoms with Crippen molar-refractivity contribution in [3.05, 3.63) is 18.1 Å². The molecular weight excluding hydrogens is 298 g/mol. The van der Waals surface area contributed by atoms with Crippen molar-refractivity contribution >= 4 is 17.9 Å². The van der Waals surface area contributed by atoms with E-state index in [0.717, 1.165) is 0 Å². The lowest BCUT2D eigenvalue weighted by molar-refractivity contribution is -0.148. The van der Waals surface area contributed by atoms with E-state index in [9.17, 15) is 9.59 Å². The topological polar surface area (TPSA) is 90.4 Å². The molecule has 0 spiro atoms. The first kappa shape index (κ1) is 18.9. The number of hydrogen-bond acceptors (Lipinski definition) is 6. The van der Waals surface area contributed by atoms with Crippen LogP contribution in [0.3, 0.4) is 0 Å². The molecule has 0 atom stereocenters. The van der Waals surface area contributed by atoms with E-state index in [2.05, 4.69) is 15.3 Å². The summed E-state index contributed by atoms with van der Waals surface area (Å²) >= 11 is 0. The number of ether oxygens (including phenoxy) is 2. The summed E-state index contributed by atoms with van der Waals surface area (Å²) in [5.41, 5.74) is -1.03. The number of amides is 1. The Hall–Kier alpha value is -2.18. The van der Waals surface area contributed by atoms with E-state index in [1.807, 2.05) is 13.8 Å². The number of rotatable bonds is 5. The smallest absolute Gasteiger partial charge is 0.413 e. The lowest BCUT2D eigenvalue weighted by atomic mass is 9.79. The molecule has 0 unspecified atom stereocenters. The van der Waals surface area contributed by atoms with E-state index < -0.39 is 17.1 Å². The third-order valence-corrected chi connectivity index (χ3v) is 3.54. The average molecular weight is 323 g/mol. The molecule has 0 bridgehead atoms. The molecule has 7 nitrogen and oxygen atoms in total. The van der Waals surface area contributed by atoms with Crippen LogP contribution in [-0.2, 0) is 19.7 Å². The number of methoxy groups -OCH3 is 1. The van der Waals surface area contributed by atoms with Gasteiger partial charge in [0.05, 0.1) is 19.0 Å². The van der Waals surface area contributed by atoms with Crippen LogP contribution in [0.5, 0.6) is 0 Å². The van der Waals surface area contributed by atoms with Crippen LogP contribution in [0.1, 0.15) is 53.2 Å². The van der Waals surface area contributed by atoms with E-state index >= 15 is 0 Å². The molecule has 0 aromatic carbocycles. The molecule has 1 heterocycles. The first-order valence-electron chi connectivity index (χ1n) is 7.59. The van der Waals surface area contributed by atoms with Crippen molar-refractivity contribution in [3.63, 3.8) is 0 Å². The SMILES string of the molecule is CCC(CC)(C(=O)OC)c1cncc(NC(=O)OC(C)(C)C)n1. The highest BCUT2D eigenvalue weighted by Crippen LogP contribution is 2.32. The largest absolute Gasteiger partial charge is 0.468 e. The molecule has 7 heteroatoms. The standard InChI is InChI=1S/C16H25N3O4/c1-7-16(8-2,13(20)22-6)11-9-17-10-12(18-11)19-14(21)23-15(3,4)5/h9-10H,7-8H2,1-6H3,(H,18,19,21). The number of carbonyl (C=O) groups is 2. The predicted molar refractivity (Wildman–Crippen MR) is 86.2 cm³/mol. The minimum Gasteiger partial charge on any atom is -0.468 e. The molecule has 0 aliphatic carbocycles. The van der Waals surface area contributed by atoms with Crippen LogP contribution >= 0.6 is 0 Å². The van der Waals surface area contributed by atoms with Gasteiger partial charge in [-0.15, -0.1) is 0 Å². The van der Waals surface area contributed by atoms with Crippen LogP contribution in [-0.4, -0.2) is 34.7 Å². The fourth-order valence-electron chi connectivity index (χ4n) is 2.27. The number of carbonyl (C=O) groups excluding carboxylic acids is 2. The number of nitrogens with zero attached hydrogens (tertiary/aromatic N) is 2. The predicted octanol–water partition coefficient (Wildman–Crippen LogP) is 3.05. The van der Waals surface area contributed by atoms with Gasteiger partial charge in [0.1, 0.15) is 11.0 Å². The molecule has 0 aliphatic rings. The third kappa shape index (κ3) is 4.64. The highest BCUT2D eigenvalue weighted by molar-refractivity contribution is 5.84. The Morgan fingerprint density at radius 1 is 1.17 bits per heavy atom. The van der Waals surface area contributed by atoms with Crippen LogP contribution in [0.2, 0.25) is 0 Å². The zero-order chi connectivity index (χ0) is 17.7. The average Bonchev–Trinajstić information content (AvgIpc) is 2.47. The van der Waals surface area contributed by atoms with Crippen LogP contribution in [0, 0.1) is 0 Å². The van der Waals surface area contributed by atoms with Gasteiger partial charge < -0.3 is 9.47 Å². The van der Waals surface area contributed by atoms with Crippen molar-refractivity contribution in [1.29, 1.82) is 0 Å². The van der Waals surface area contributed by atoms with Crippen LogP contribution in [0.15, 0.2) is 12.4 Å². The second-order valence-electron chi connectivity index (χ2n) is 6.20. The van der Waals surface area contributed by atoms with Gasteiger partial charge in [0.2, 0.25) is 0 Å². The number of anilines is 1. The summed E-state index contributed by atoms with van der Waals surface area (Å²) in [5.74, 6) is -0.141. The molecule has 0 saturated carbocycles. The molecular formula is C16H25N3O4. The van der Waals surface area contributed by atoms with Gasteiger partial charge in [0, 0.05) is 6.20 Å². The fourth-order valence-corrected chi connectivity index (χ4v) is 2.27. The lowest BCUT2D eigenvalue weighted by Crippen LogP contribution is -2.37. The van der Waals surface area contributed by atoms with Gasteiger partial charge in [-0.2, -0.15) is 0 Å². The minimum absolute atomic E-state index is 0.229. The summed E-state index contributed by atoms with van der Waals surface area (Å²) in [5, 5.41) is 2.53. The highest BCUT2D eigenvalue weighted by Gasteiger charge is 2.40. The molecule has 128 valence electrons. The Morgan fingerprint density at radius 3 is 2.26 bits per heavy atom. The number of hydrogen-bond donors (Lipinski definition) is 1. The maximum atomic E-state index is 12.2. The summed E-state index contributed by atoms with van der Waals surface area (Å²) < 4.78 is 10.1. The van der Waals surface area contributed by atoms with Gasteiger partial charge in [0.15, 0.2) is 5.82 Å². The quantitative estimate of drug-likeness (QED) is 0.838. The summed E-state index contributed by atoms with van der Waals surface area (Å²) in [6, 6.07) is 0. The van der Waals surface area contributed by atoms with E-state index in [-0.39, 0.29) is 11.8 Å². The molecule has 0 saturated heterocycles. The maximum absolute atomic E-state index is 12.2. The van der Waals surface area contributed by atoms with Crippen molar-refractivity contribution in [2.45, 2.75) is 58.5 Å². The summed E-state index contributed by atoms with van der Waals surface area (Å²) in [6.07, 6.45) is 3.33. The number of nitrogens with one attached hydrogen (secondary N) is 1. The molecule has 0 radical (unpaired) electrons. The minimum atomic E-state index is -0.882. The molecule has 1 aromatic heterocycles. The second-order valence-corrected chi connectivity index (χ2v) is 6.20. The first-order valence-corrected chi connectivity index (χ1v) is 7.59. The summed E-state index contributed by atoms with van der Waals surface area (Å²) in [4.78, 5) is 32.5. The molecule has 0 aliphatic heterocycles. The number of esters is 1. The third-order valence-electron chi connectivity index (χ3n) is 3.54. The molecule has 1 amide bonds. The Bertz CT molecular complexity index is 563. The van der Waals surface area contributed by atoms with Gasteiger partial charge in [-0.05, 0) is 33.6 Å². The fraction of sp³-hybridized carbons (Fsp3) is 0.625. The monoisotopic (exact) mass is 323 g/mol. The zero-order valence-electron chi connectivity index (χ0n) is 14.6.